The van der Waals surface area contributed by atoms with Crippen LogP contribution in [-0.2, 0) is 15.5 Å². The molecule has 35 heavy (non-hydrogen) atoms. The van der Waals surface area contributed by atoms with Crippen molar-refractivity contribution in [2.75, 3.05) is 44.4 Å². The molecule has 0 bridgehead atoms. The fourth-order valence-electron chi connectivity index (χ4n) is 4.15. The largest absolute Gasteiger partial charge is 0.385 e. The molecule has 1 fully saturated rings. The molecule has 10 heteroatoms. The summed E-state index contributed by atoms with van der Waals surface area (Å²) in [6.07, 6.45) is 8.60. The number of anilines is 1. The van der Waals surface area contributed by atoms with Crippen molar-refractivity contribution in [3.8, 4) is 17.2 Å². The van der Waals surface area contributed by atoms with E-state index >= 15 is 0 Å². The molecule has 4 aromatic rings. The Hall–Kier alpha value is -3.63. The number of amides is 1. The number of hydrogen-bond donors (Lipinski definition) is 1. The van der Waals surface area contributed by atoms with Crippen molar-refractivity contribution < 1.29 is 13.7 Å². The van der Waals surface area contributed by atoms with Crippen LogP contribution in [0.1, 0.15) is 17.3 Å². The maximum Gasteiger partial charge on any atom is 0.254 e. The first kappa shape index (κ1) is 23.1. The van der Waals surface area contributed by atoms with Gasteiger partial charge in [-0.3, -0.25) is 18.6 Å². The van der Waals surface area contributed by atoms with Crippen LogP contribution in [0, 0.1) is 0 Å². The topological polar surface area (TPSA) is 102 Å². The zero-order valence-corrected chi connectivity index (χ0v) is 20.4. The van der Waals surface area contributed by atoms with Crippen LogP contribution in [0.15, 0.2) is 60.0 Å². The second kappa shape index (κ2) is 9.93. The molecule has 180 valence electrons. The Morgan fingerprint density at radius 2 is 1.89 bits per heavy atom. The minimum absolute atomic E-state index is 0.0509. The van der Waals surface area contributed by atoms with Crippen LogP contribution in [0.2, 0.25) is 0 Å². The third-order valence-corrected chi connectivity index (χ3v) is 6.86. The van der Waals surface area contributed by atoms with Gasteiger partial charge in [-0.15, -0.1) is 0 Å². The highest BCUT2D eigenvalue weighted by Crippen LogP contribution is 2.28. The van der Waals surface area contributed by atoms with E-state index in [1.807, 2.05) is 31.2 Å². The molecular weight excluding hydrogens is 464 g/mol. The molecule has 1 atom stereocenters. The predicted molar refractivity (Wildman–Crippen MR) is 135 cm³/mol. The first-order valence-corrected chi connectivity index (χ1v) is 13.0. The van der Waals surface area contributed by atoms with Crippen molar-refractivity contribution in [1.82, 2.24) is 24.4 Å². The molecule has 4 heterocycles. The van der Waals surface area contributed by atoms with E-state index < -0.39 is 10.8 Å². The average molecular weight is 491 g/mol. The van der Waals surface area contributed by atoms with Crippen molar-refractivity contribution in [1.29, 1.82) is 0 Å². The van der Waals surface area contributed by atoms with Gasteiger partial charge in [-0.1, -0.05) is 6.07 Å². The number of aromatic nitrogens is 4. The fraction of sp³-hybridized carbons (Fsp3) is 0.280. The minimum Gasteiger partial charge on any atom is -0.385 e. The van der Waals surface area contributed by atoms with Crippen LogP contribution in [0.3, 0.4) is 0 Å². The molecule has 1 aromatic carbocycles. The van der Waals surface area contributed by atoms with Gasteiger partial charge in [-0.2, -0.15) is 0 Å². The normalized spacial score (nSPS) is 14.7. The van der Waals surface area contributed by atoms with Gasteiger partial charge in [0.15, 0.2) is 0 Å². The second-order valence-corrected chi connectivity index (χ2v) is 9.53. The quantitative estimate of drug-likeness (QED) is 0.443. The number of benzene rings is 1. The zero-order chi connectivity index (χ0) is 24.4. The number of pyridine rings is 1. The zero-order valence-electron chi connectivity index (χ0n) is 19.6. The van der Waals surface area contributed by atoms with E-state index in [2.05, 4.69) is 20.3 Å². The molecule has 1 amide bonds. The van der Waals surface area contributed by atoms with Crippen LogP contribution >= 0.6 is 0 Å². The summed E-state index contributed by atoms with van der Waals surface area (Å²) in [6.45, 7) is 5.06. The fourth-order valence-corrected chi connectivity index (χ4v) is 4.89. The van der Waals surface area contributed by atoms with Gasteiger partial charge in [-0.25, -0.2) is 9.97 Å². The molecule has 5 rings (SSSR count). The minimum atomic E-state index is -1.22. The number of ether oxygens (including phenoxy) is 1. The van der Waals surface area contributed by atoms with E-state index in [4.69, 9.17) is 4.74 Å². The highest BCUT2D eigenvalue weighted by Gasteiger charge is 2.21. The van der Waals surface area contributed by atoms with Crippen LogP contribution in [0.4, 0.5) is 5.69 Å². The molecule has 0 aliphatic carbocycles. The van der Waals surface area contributed by atoms with E-state index in [0.717, 1.165) is 34.4 Å². The molecule has 0 saturated carbocycles. The van der Waals surface area contributed by atoms with Crippen molar-refractivity contribution in [3.05, 3.63) is 60.7 Å². The van der Waals surface area contributed by atoms with Crippen LogP contribution in [0.5, 0.6) is 0 Å². The lowest BCUT2D eigenvalue weighted by Gasteiger charge is -2.26. The summed E-state index contributed by atoms with van der Waals surface area (Å²) in [5.74, 6) is 0.374. The summed E-state index contributed by atoms with van der Waals surface area (Å²) < 4.78 is 19.6. The van der Waals surface area contributed by atoms with E-state index in [1.165, 1.54) is 0 Å². The standard InChI is InChI=1S/C25H26N6O3S/c1-3-26-19-6-7-27-21(13-19)18-14-28-25(29-15-18)31-16-23(35(2)33)20-5-4-17(12-22(20)31)24(32)30-8-10-34-11-9-30/h4-7,12-16H,3,8-11H2,1-2H3,(H,26,27). The van der Waals surface area contributed by atoms with Gasteiger partial charge in [0.2, 0.25) is 5.95 Å². The second-order valence-electron chi connectivity index (χ2n) is 8.19. The summed E-state index contributed by atoms with van der Waals surface area (Å²) in [4.78, 5) is 29.1. The Balaban J connectivity index is 1.53. The van der Waals surface area contributed by atoms with Crippen LogP contribution < -0.4 is 5.32 Å². The Kier molecular flexibility index (Phi) is 6.56. The molecule has 0 spiro atoms. The summed E-state index contributed by atoms with van der Waals surface area (Å²) in [5, 5.41) is 4.08. The molecule has 1 N–H and O–H groups in total. The molecular formula is C25H26N6O3S. The number of rotatable bonds is 6. The highest BCUT2D eigenvalue weighted by molar-refractivity contribution is 7.84. The van der Waals surface area contributed by atoms with E-state index in [9.17, 15) is 9.00 Å². The number of nitrogens with zero attached hydrogens (tertiary/aromatic N) is 5. The molecule has 1 aliphatic heterocycles. The lowest BCUT2D eigenvalue weighted by molar-refractivity contribution is 0.0303. The van der Waals surface area contributed by atoms with E-state index in [0.29, 0.717) is 42.7 Å². The number of fused-ring (bicyclic) bond motifs is 1. The van der Waals surface area contributed by atoms with Crippen molar-refractivity contribution >= 4 is 33.3 Å². The number of carbonyl (C=O) groups excluding carboxylic acids is 1. The average Bonchev–Trinajstić information content (AvgIpc) is 3.28. The van der Waals surface area contributed by atoms with Gasteiger partial charge < -0.3 is 15.0 Å². The highest BCUT2D eigenvalue weighted by atomic mass is 32.2. The Morgan fingerprint density at radius 3 is 2.60 bits per heavy atom. The first-order chi connectivity index (χ1) is 17.0. The third-order valence-electron chi connectivity index (χ3n) is 5.91. The Bertz CT molecular complexity index is 1400. The molecule has 9 nitrogen and oxygen atoms in total. The molecule has 1 unspecified atom stereocenters. The lowest BCUT2D eigenvalue weighted by atomic mass is 10.1. The Labute approximate surface area is 205 Å². The smallest absolute Gasteiger partial charge is 0.254 e. The maximum atomic E-state index is 13.1. The predicted octanol–water partition coefficient (Wildman–Crippen LogP) is 3.12. The van der Waals surface area contributed by atoms with E-state index in [1.54, 1.807) is 46.6 Å². The van der Waals surface area contributed by atoms with Gasteiger partial charge in [0.25, 0.3) is 5.91 Å². The summed E-state index contributed by atoms with van der Waals surface area (Å²) >= 11 is 0. The number of nitrogens with one attached hydrogen (secondary N) is 1. The molecule has 1 saturated heterocycles. The van der Waals surface area contributed by atoms with Crippen molar-refractivity contribution in [2.24, 2.45) is 0 Å². The number of morpholine rings is 1. The van der Waals surface area contributed by atoms with Crippen LogP contribution in [0.25, 0.3) is 28.1 Å². The van der Waals surface area contributed by atoms with E-state index in [-0.39, 0.29) is 5.91 Å². The SMILES string of the molecule is CCNc1ccnc(-c2cnc(-n3cc(S(C)=O)c4ccc(C(=O)N5CCOCC5)cc43)nc2)c1. The van der Waals surface area contributed by atoms with Crippen molar-refractivity contribution in [2.45, 2.75) is 11.8 Å². The number of carbonyl (C=O) groups is 1. The summed E-state index contributed by atoms with van der Waals surface area (Å²) in [7, 11) is -1.22. The summed E-state index contributed by atoms with van der Waals surface area (Å²) in [5.41, 5.74) is 3.82. The van der Waals surface area contributed by atoms with Gasteiger partial charge in [0.1, 0.15) is 0 Å². The maximum absolute atomic E-state index is 13.1. The monoisotopic (exact) mass is 490 g/mol. The van der Waals surface area contributed by atoms with Gasteiger partial charge in [0, 0.05) is 72.9 Å². The number of hydrogen-bond acceptors (Lipinski definition) is 7. The molecule has 1 aliphatic rings. The van der Waals surface area contributed by atoms with Crippen molar-refractivity contribution in [3.63, 3.8) is 0 Å². The van der Waals surface area contributed by atoms with Gasteiger partial charge in [-0.05, 0) is 31.2 Å². The van der Waals surface area contributed by atoms with Crippen LogP contribution in [-0.4, -0.2) is 73.6 Å². The first-order valence-electron chi connectivity index (χ1n) is 11.4. The van der Waals surface area contributed by atoms with Gasteiger partial charge in [0.05, 0.1) is 40.1 Å². The molecule has 0 radical (unpaired) electrons. The van der Waals surface area contributed by atoms with Gasteiger partial charge >= 0.3 is 0 Å². The lowest BCUT2D eigenvalue weighted by Crippen LogP contribution is -2.40. The summed E-state index contributed by atoms with van der Waals surface area (Å²) in [6, 6.07) is 9.32. The Morgan fingerprint density at radius 1 is 1.11 bits per heavy atom. The molecule has 3 aromatic heterocycles. The third kappa shape index (κ3) is 4.67.